The van der Waals surface area contributed by atoms with E-state index in [-0.39, 0.29) is 37.0 Å². The van der Waals surface area contributed by atoms with Gasteiger partial charge in [0.2, 0.25) is 0 Å². The van der Waals surface area contributed by atoms with Crippen molar-refractivity contribution in [1.82, 2.24) is 4.42 Å². The number of morpholine rings is 1. The summed E-state index contributed by atoms with van der Waals surface area (Å²) in [5.41, 5.74) is -0.105. The van der Waals surface area contributed by atoms with Gasteiger partial charge in [0.25, 0.3) is 0 Å². The molecule has 0 saturated carbocycles. The Morgan fingerprint density at radius 1 is 1.17 bits per heavy atom. The van der Waals surface area contributed by atoms with Crippen LogP contribution in [0.2, 0.25) is 0 Å². The third-order valence-corrected chi connectivity index (χ3v) is 2.89. The van der Waals surface area contributed by atoms with Crippen LogP contribution in [0.3, 0.4) is 0 Å². The maximum Gasteiger partial charge on any atom is 2.00 e. The first-order chi connectivity index (χ1) is 4.86. The molecule has 0 bridgehead atoms. The third-order valence-electron chi connectivity index (χ3n) is 1.97. The summed E-state index contributed by atoms with van der Waals surface area (Å²) in [4.78, 5) is 0. The second kappa shape index (κ2) is 4.01. The normalized spacial score (nSPS) is 27.8. The van der Waals surface area contributed by atoms with Crippen molar-refractivity contribution < 1.29 is 7.59 Å². The minimum Gasteiger partial charge on any atom is -1.00 e. The van der Waals surface area contributed by atoms with Crippen LogP contribution in [0.25, 0.3) is 0 Å². The first-order valence-corrected chi connectivity index (χ1v) is 4.24. The molecule has 0 amide bonds. The summed E-state index contributed by atoms with van der Waals surface area (Å²) < 4.78 is 7.31. The summed E-state index contributed by atoms with van der Waals surface area (Å²) in [6, 6.07) is 0. The molecule has 0 unspecified atom stereocenters. The second-order valence-electron chi connectivity index (χ2n) is 4.40. The predicted octanol–water partition coefficient (Wildman–Crippen LogP) is 1.87. The Morgan fingerprint density at radius 2 is 1.50 bits per heavy atom. The number of halogens is 1. The van der Waals surface area contributed by atoms with Gasteiger partial charge in [-0.15, -0.1) is 0 Å². The SMILES string of the molecule is CC1(C)COCC(C)(C)N1Cl.[H-].[H-].[Mg+2]. The van der Waals surface area contributed by atoms with Gasteiger partial charge in [-0.25, -0.2) is 4.42 Å². The summed E-state index contributed by atoms with van der Waals surface area (Å²) in [6.07, 6.45) is 0. The molecule has 0 atom stereocenters. The molecule has 1 saturated heterocycles. The molecule has 1 rings (SSSR count). The molecule has 1 aliphatic rings. The van der Waals surface area contributed by atoms with Gasteiger partial charge >= 0.3 is 23.1 Å². The average molecular weight is 204 g/mol. The van der Waals surface area contributed by atoms with E-state index in [1.807, 2.05) is 4.42 Å². The van der Waals surface area contributed by atoms with E-state index in [1.165, 1.54) is 0 Å². The van der Waals surface area contributed by atoms with Gasteiger partial charge < -0.3 is 7.59 Å². The molecule has 1 fully saturated rings. The van der Waals surface area contributed by atoms with Crippen LogP contribution < -0.4 is 0 Å². The average Bonchev–Trinajstić information content (AvgIpc) is 1.82. The Bertz CT molecular complexity index is 153. The molecule has 2 nitrogen and oxygen atoms in total. The largest absolute Gasteiger partial charge is 2.00 e. The third kappa shape index (κ3) is 2.48. The summed E-state index contributed by atoms with van der Waals surface area (Å²) in [7, 11) is 0. The van der Waals surface area contributed by atoms with E-state index in [9.17, 15) is 0 Å². The molecular weight excluding hydrogens is 186 g/mol. The van der Waals surface area contributed by atoms with Crippen LogP contribution in [0.5, 0.6) is 0 Å². The predicted molar refractivity (Wildman–Crippen MR) is 54.6 cm³/mol. The van der Waals surface area contributed by atoms with Gasteiger partial charge in [-0.05, 0) is 39.5 Å². The Kier molecular flexibility index (Phi) is 4.33. The van der Waals surface area contributed by atoms with Crippen molar-refractivity contribution in [2.75, 3.05) is 13.2 Å². The maximum atomic E-state index is 6.15. The van der Waals surface area contributed by atoms with Gasteiger partial charge in [-0.2, -0.15) is 0 Å². The zero-order valence-electron chi connectivity index (χ0n) is 10.4. The molecule has 12 heavy (non-hydrogen) atoms. The van der Waals surface area contributed by atoms with Gasteiger partial charge in [0.1, 0.15) is 0 Å². The van der Waals surface area contributed by atoms with Crippen LogP contribution in [0.1, 0.15) is 30.5 Å². The van der Waals surface area contributed by atoms with Crippen molar-refractivity contribution in [3.8, 4) is 0 Å². The van der Waals surface area contributed by atoms with Crippen LogP contribution in [0, 0.1) is 0 Å². The van der Waals surface area contributed by atoms with Gasteiger partial charge in [0, 0.05) is 0 Å². The monoisotopic (exact) mass is 203 g/mol. The Balaban J connectivity index is -0.000000403. The van der Waals surface area contributed by atoms with Crippen molar-refractivity contribution in [1.29, 1.82) is 0 Å². The number of nitrogens with zero attached hydrogens (tertiary/aromatic N) is 1. The minimum absolute atomic E-state index is 0. The maximum absolute atomic E-state index is 6.15. The zero-order chi connectivity index (χ0) is 8.70. The quantitative estimate of drug-likeness (QED) is 0.441. The first-order valence-electron chi connectivity index (χ1n) is 3.90. The fraction of sp³-hybridized carbons (Fsp3) is 1.00. The standard InChI is InChI=1S/C8H16ClNO.Mg.2H/c1-7(2)5-11-6-8(3,4)10(7)9;;;/h5-6H2,1-4H3;;;/q;+2;2*-1. The molecule has 1 heterocycles. The van der Waals surface area contributed by atoms with E-state index in [0.717, 1.165) is 0 Å². The fourth-order valence-electron chi connectivity index (χ4n) is 1.48. The van der Waals surface area contributed by atoms with E-state index in [2.05, 4.69) is 27.7 Å². The van der Waals surface area contributed by atoms with Gasteiger partial charge in [-0.1, -0.05) is 0 Å². The van der Waals surface area contributed by atoms with Crippen LogP contribution >= 0.6 is 11.8 Å². The smallest absolute Gasteiger partial charge is 1.00 e. The van der Waals surface area contributed by atoms with Crippen molar-refractivity contribution in [3.63, 3.8) is 0 Å². The van der Waals surface area contributed by atoms with E-state index < -0.39 is 0 Å². The van der Waals surface area contributed by atoms with E-state index in [4.69, 9.17) is 16.5 Å². The van der Waals surface area contributed by atoms with Crippen LogP contribution in [-0.4, -0.2) is 51.8 Å². The Morgan fingerprint density at radius 3 is 1.75 bits per heavy atom. The van der Waals surface area contributed by atoms with Crippen LogP contribution in [0.4, 0.5) is 0 Å². The molecule has 0 aromatic carbocycles. The molecule has 0 radical (unpaired) electrons. The number of ether oxygens (including phenoxy) is 1. The van der Waals surface area contributed by atoms with Crippen LogP contribution in [-0.2, 0) is 4.74 Å². The minimum atomic E-state index is -0.0523. The molecule has 0 spiro atoms. The molecule has 0 aromatic heterocycles. The van der Waals surface area contributed by atoms with E-state index in [1.54, 1.807) is 0 Å². The topological polar surface area (TPSA) is 12.5 Å². The first kappa shape index (κ1) is 13.0. The summed E-state index contributed by atoms with van der Waals surface area (Å²) in [6.45, 7) is 9.75. The molecule has 4 heteroatoms. The zero-order valence-corrected chi connectivity index (χ0v) is 10.5. The van der Waals surface area contributed by atoms with Gasteiger partial charge in [0.05, 0.1) is 24.3 Å². The number of rotatable bonds is 0. The summed E-state index contributed by atoms with van der Waals surface area (Å²) in [5.74, 6) is 0. The molecule has 0 N–H and O–H groups in total. The van der Waals surface area contributed by atoms with E-state index >= 15 is 0 Å². The molecule has 1 aliphatic heterocycles. The van der Waals surface area contributed by atoms with Gasteiger partial charge in [-0.3, -0.25) is 0 Å². The molecule has 70 valence electrons. The van der Waals surface area contributed by atoms with Crippen molar-refractivity contribution >= 4 is 34.8 Å². The Labute approximate surface area is 98.8 Å². The van der Waals surface area contributed by atoms with Crippen molar-refractivity contribution in [2.24, 2.45) is 0 Å². The summed E-state index contributed by atoms with van der Waals surface area (Å²) >= 11 is 6.15. The second-order valence-corrected chi connectivity index (χ2v) is 4.74. The van der Waals surface area contributed by atoms with Crippen LogP contribution in [0.15, 0.2) is 0 Å². The Hall–Kier alpha value is 0.976. The number of hydrogen-bond donors (Lipinski definition) is 0. The van der Waals surface area contributed by atoms with Crippen molar-refractivity contribution in [2.45, 2.75) is 38.8 Å². The fourth-order valence-corrected chi connectivity index (χ4v) is 1.58. The molecule has 0 aromatic rings. The van der Waals surface area contributed by atoms with Gasteiger partial charge in [0.15, 0.2) is 0 Å². The van der Waals surface area contributed by atoms with Crippen molar-refractivity contribution in [3.05, 3.63) is 0 Å². The molecule has 0 aliphatic carbocycles. The molecular formula is C8H18ClMgNO. The summed E-state index contributed by atoms with van der Waals surface area (Å²) in [5, 5.41) is 0. The number of hydrogen-bond acceptors (Lipinski definition) is 2. The van der Waals surface area contributed by atoms with E-state index in [0.29, 0.717) is 13.2 Å².